The lowest BCUT2D eigenvalue weighted by Crippen LogP contribution is -2.12. The first-order valence-electron chi connectivity index (χ1n) is 5.87. The van der Waals surface area contributed by atoms with Gasteiger partial charge >= 0.3 is 6.18 Å². The van der Waals surface area contributed by atoms with Crippen LogP contribution < -0.4 is 0 Å². The number of aryl methyl sites for hydroxylation is 1. The van der Waals surface area contributed by atoms with Crippen LogP contribution in [0, 0.1) is 12.8 Å². The summed E-state index contributed by atoms with van der Waals surface area (Å²) in [7, 11) is 0. The molecule has 4 nitrogen and oxygen atoms in total. The molecule has 0 bridgehead atoms. The topological polar surface area (TPSA) is 43.1 Å². The van der Waals surface area contributed by atoms with Crippen LogP contribution in [0.25, 0.3) is 5.65 Å². The molecule has 8 heteroatoms. The second kappa shape index (κ2) is 4.36. The van der Waals surface area contributed by atoms with E-state index in [-0.39, 0.29) is 5.65 Å². The van der Waals surface area contributed by atoms with E-state index < -0.39 is 12.0 Å². The lowest BCUT2D eigenvalue weighted by molar-refractivity contribution is -0.145. The molecule has 3 rings (SSSR count). The van der Waals surface area contributed by atoms with Crippen molar-refractivity contribution in [3.05, 3.63) is 17.7 Å². The number of halogens is 3. The lowest BCUT2D eigenvalue weighted by atomic mass is 10.4. The molecule has 0 amide bonds. The number of fused-ring (bicyclic) bond motifs is 1. The zero-order valence-corrected chi connectivity index (χ0v) is 10.9. The van der Waals surface area contributed by atoms with E-state index in [0.29, 0.717) is 16.6 Å². The zero-order chi connectivity index (χ0) is 13.6. The van der Waals surface area contributed by atoms with Crippen LogP contribution in [-0.2, 0) is 6.18 Å². The highest BCUT2D eigenvalue weighted by Gasteiger charge is 2.38. The molecule has 0 atom stereocenters. The summed E-state index contributed by atoms with van der Waals surface area (Å²) < 4.78 is 39.5. The van der Waals surface area contributed by atoms with Gasteiger partial charge in [-0.25, -0.2) is 4.98 Å². The minimum atomic E-state index is -4.51. The van der Waals surface area contributed by atoms with E-state index in [1.54, 1.807) is 6.92 Å². The second-order valence-corrected chi connectivity index (χ2v) is 5.65. The number of hydrogen-bond donors (Lipinski definition) is 0. The maximum absolute atomic E-state index is 12.8. The molecule has 0 aromatic carbocycles. The fourth-order valence-corrected chi connectivity index (χ4v) is 2.91. The molecule has 1 aliphatic carbocycles. The third kappa shape index (κ3) is 2.41. The van der Waals surface area contributed by atoms with Gasteiger partial charge in [-0.1, -0.05) is 0 Å². The first-order valence-corrected chi connectivity index (χ1v) is 6.86. The minimum Gasteiger partial charge on any atom is -0.272 e. The lowest BCUT2D eigenvalue weighted by Gasteiger charge is -2.08. The van der Waals surface area contributed by atoms with Gasteiger partial charge in [0.15, 0.2) is 5.65 Å². The number of rotatable bonds is 3. The molecule has 0 spiro atoms. The summed E-state index contributed by atoms with van der Waals surface area (Å²) in [4.78, 5) is 4.17. The molecule has 0 saturated heterocycles. The maximum atomic E-state index is 12.8. The van der Waals surface area contributed by atoms with Crippen molar-refractivity contribution in [3.63, 3.8) is 0 Å². The van der Waals surface area contributed by atoms with Crippen molar-refractivity contribution in [2.75, 3.05) is 5.75 Å². The Kier molecular flexibility index (Phi) is 2.92. The van der Waals surface area contributed by atoms with Crippen LogP contribution in [0.1, 0.15) is 24.4 Å². The largest absolute Gasteiger partial charge is 0.452 e. The highest BCUT2D eigenvalue weighted by atomic mass is 32.2. The van der Waals surface area contributed by atoms with Crippen molar-refractivity contribution >= 4 is 17.4 Å². The minimum absolute atomic E-state index is 0.193. The standard InChI is InChI=1S/C11H11F3N4S/c1-6-4-15-9(19-5-7-2-3-7)8-16-17-10(18(6)8)11(12,13)14/h4,7H,2-3,5H2,1H3. The van der Waals surface area contributed by atoms with Crippen molar-refractivity contribution in [1.29, 1.82) is 0 Å². The first kappa shape index (κ1) is 12.7. The summed E-state index contributed by atoms with van der Waals surface area (Å²) in [6, 6.07) is 0. The summed E-state index contributed by atoms with van der Waals surface area (Å²) in [6.45, 7) is 1.56. The first-order chi connectivity index (χ1) is 8.97. The molecule has 102 valence electrons. The third-order valence-corrected chi connectivity index (χ3v) is 4.18. The fourth-order valence-electron chi connectivity index (χ4n) is 1.79. The summed E-state index contributed by atoms with van der Waals surface area (Å²) in [5.41, 5.74) is 0.570. The number of nitrogens with zero attached hydrogens (tertiary/aromatic N) is 4. The van der Waals surface area contributed by atoms with E-state index >= 15 is 0 Å². The summed E-state index contributed by atoms with van der Waals surface area (Å²) in [5, 5.41) is 7.43. The van der Waals surface area contributed by atoms with Crippen LogP contribution in [-0.4, -0.2) is 25.3 Å². The summed E-state index contributed by atoms with van der Waals surface area (Å²) in [5.74, 6) is 0.550. The van der Waals surface area contributed by atoms with E-state index in [0.717, 1.165) is 10.2 Å². The van der Waals surface area contributed by atoms with Crippen LogP contribution in [0.4, 0.5) is 13.2 Å². The fraction of sp³-hybridized carbons (Fsp3) is 0.545. The molecule has 19 heavy (non-hydrogen) atoms. The Balaban J connectivity index is 2.05. The van der Waals surface area contributed by atoms with Gasteiger partial charge in [0.2, 0.25) is 5.82 Å². The quantitative estimate of drug-likeness (QED) is 0.814. The van der Waals surface area contributed by atoms with Crippen LogP contribution in [0.3, 0.4) is 0 Å². The monoisotopic (exact) mass is 288 g/mol. The number of hydrogen-bond acceptors (Lipinski definition) is 4. The van der Waals surface area contributed by atoms with E-state index in [2.05, 4.69) is 15.2 Å². The molecule has 2 aromatic rings. The Hall–Kier alpha value is -1.31. The molecule has 2 heterocycles. The van der Waals surface area contributed by atoms with Gasteiger partial charge in [-0.05, 0) is 25.7 Å². The Morgan fingerprint density at radius 3 is 2.74 bits per heavy atom. The Morgan fingerprint density at radius 1 is 1.37 bits per heavy atom. The molecule has 1 saturated carbocycles. The van der Waals surface area contributed by atoms with Crippen molar-refractivity contribution in [3.8, 4) is 0 Å². The average molecular weight is 288 g/mol. The Morgan fingerprint density at radius 2 is 2.11 bits per heavy atom. The van der Waals surface area contributed by atoms with E-state index in [1.807, 2.05) is 0 Å². The zero-order valence-electron chi connectivity index (χ0n) is 10.1. The van der Waals surface area contributed by atoms with Gasteiger partial charge in [0, 0.05) is 17.6 Å². The van der Waals surface area contributed by atoms with Gasteiger partial charge in [0.25, 0.3) is 0 Å². The van der Waals surface area contributed by atoms with E-state index in [1.165, 1.54) is 30.8 Å². The van der Waals surface area contributed by atoms with Crippen LogP contribution >= 0.6 is 11.8 Å². The van der Waals surface area contributed by atoms with Crippen LogP contribution in [0.15, 0.2) is 11.2 Å². The smallest absolute Gasteiger partial charge is 0.272 e. The van der Waals surface area contributed by atoms with Crippen LogP contribution in [0.2, 0.25) is 0 Å². The second-order valence-electron chi connectivity index (χ2n) is 4.64. The van der Waals surface area contributed by atoms with Gasteiger partial charge < -0.3 is 0 Å². The molecule has 0 unspecified atom stereocenters. The molecule has 2 aromatic heterocycles. The highest BCUT2D eigenvalue weighted by molar-refractivity contribution is 7.99. The summed E-state index contributed by atoms with van der Waals surface area (Å²) >= 11 is 1.45. The van der Waals surface area contributed by atoms with E-state index in [9.17, 15) is 13.2 Å². The van der Waals surface area contributed by atoms with Crippen molar-refractivity contribution in [1.82, 2.24) is 19.6 Å². The third-order valence-electron chi connectivity index (χ3n) is 2.98. The van der Waals surface area contributed by atoms with E-state index in [4.69, 9.17) is 0 Å². The molecule has 0 aliphatic heterocycles. The van der Waals surface area contributed by atoms with Gasteiger partial charge in [-0.2, -0.15) is 13.2 Å². The van der Waals surface area contributed by atoms with Gasteiger partial charge in [0.05, 0.1) is 0 Å². The molecule has 1 aliphatic rings. The highest BCUT2D eigenvalue weighted by Crippen LogP contribution is 2.36. The van der Waals surface area contributed by atoms with Crippen molar-refractivity contribution in [2.45, 2.75) is 31.0 Å². The Labute approximate surface area is 111 Å². The average Bonchev–Trinajstić information content (AvgIpc) is 3.02. The molecule has 0 radical (unpaired) electrons. The SMILES string of the molecule is Cc1cnc(SCC2CC2)c2nnc(C(F)(F)F)n12. The molecular weight excluding hydrogens is 277 g/mol. The van der Waals surface area contributed by atoms with Gasteiger partial charge in [-0.3, -0.25) is 4.40 Å². The predicted octanol–water partition coefficient (Wildman–Crippen LogP) is 2.95. The maximum Gasteiger partial charge on any atom is 0.452 e. The predicted molar refractivity (Wildman–Crippen MR) is 64.0 cm³/mol. The van der Waals surface area contributed by atoms with Crippen molar-refractivity contribution < 1.29 is 13.2 Å². The normalized spacial score (nSPS) is 16.2. The molecule has 1 fully saturated rings. The van der Waals surface area contributed by atoms with Gasteiger partial charge in [-0.15, -0.1) is 22.0 Å². The Bertz CT molecular complexity index is 618. The van der Waals surface area contributed by atoms with Crippen LogP contribution in [0.5, 0.6) is 0 Å². The molecular formula is C11H11F3N4S. The van der Waals surface area contributed by atoms with Crippen molar-refractivity contribution in [2.24, 2.45) is 5.92 Å². The van der Waals surface area contributed by atoms with Gasteiger partial charge in [0.1, 0.15) is 5.03 Å². The number of thioether (sulfide) groups is 1. The number of aromatic nitrogens is 4. The number of alkyl halides is 3. The molecule has 0 N–H and O–H groups in total. The summed E-state index contributed by atoms with van der Waals surface area (Å²) in [6.07, 6.45) is -0.698.